The summed E-state index contributed by atoms with van der Waals surface area (Å²) in [4.78, 5) is 28.8. The number of phenolic OH excluding ortho intramolecular Hbond substituents is 3. The molecule has 210 valence electrons. The lowest BCUT2D eigenvalue weighted by molar-refractivity contribution is -0.261. The van der Waals surface area contributed by atoms with E-state index >= 15 is 0 Å². The molecule has 2 aromatic carbocycles. The molecule has 0 saturated carbocycles. The monoisotopic (exact) mass is 543 g/mol. The average molecular weight is 544 g/mol. The molecule has 1 fully saturated rings. The number of ether oxygens (including phenoxy) is 2. The zero-order valence-corrected chi connectivity index (χ0v) is 22.1. The number of likely N-dealkylation sites (N-methyl/N-ethyl adjacent to an activating group) is 1. The van der Waals surface area contributed by atoms with Crippen LogP contribution in [-0.2, 0) is 9.47 Å². The highest BCUT2D eigenvalue weighted by Crippen LogP contribution is 2.53. The third-order valence-corrected chi connectivity index (χ3v) is 8.39. The molecule has 2 aliphatic carbocycles. The molecule has 1 aliphatic heterocycles. The Hall–Kier alpha value is -3.06. The van der Waals surface area contributed by atoms with Gasteiger partial charge in [0.25, 0.3) is 0 Å². The van der Waals surface area contributed by atoms with E-state index in [-0.39, 0.29) is 42.0 Å². The Morgan fingerprint density at radius 2 is 1.67 bits per heavy atom. The van der Waals surface area contributed by atoms with Crippen LogP contribution < -0.4 is 0 Å². The molecule has 11 nitrogen and oxygen atoms in total. The van der Waals surface area contributed by atoms with Crippen molar-refractivity contribution in [2.75, 3.05) is 14.1 Å². The molecule has 3 unspecified atom stereocenters. The van der Waals surface area contributed by atoms with Gasteiger partial charge in [-0.2, -0.15) is 0 Å². The Kier molecular flexibility index (Phi) is 6.73. The van der Waals surface area contributed by atoms with Crippen LogP contribution in [0.3, 0.4) is 0 Å². The molecule has 7 atom stereocenters. The van der Waals surface area contributed by atoms with Gasteiger partial charge in [-0.25, -0.2) is 0 Å². The summed E-state index contributed by atoms with van der Waals surface area (Å²) in [6.45, 7) is 3.37. The summed E-state index contributed by atoms with van der Waals surface area (Å²) in [5, 5.41) is 65.1. The van der Waals surface area contributed by atoms with Gasteiger partial charge in [-0.3, -0.25) is 9.59 Å². The van der Waals surface area contributed by atoms with Crippen LogP contribution in [0.2, 0.25) is 0 Å². The van der Waals surface area contributed by atoms with Crippen molar-refractivity contribution in [1.29, 1.82) is 0 Å². The van der Waals surface area contributed by atoms with E-state index in [4.69, 9.17) is 9.47 Å². The van der Waals surface area contributed by atoms with Crippen molar-refractivity contribution < 1.29 is 49.7 Å². The number of fused-ring (bicyclic) bond motifs is 3. The minimum absolute atomic E-state index is 0.0787. The topological polar surface area (TPSA) is 177 Å². The summed E-state index contributed by atoms with van der Waals surface area (Å²) in [6.07, 6.45) is -4.50. The number of ketones is 2. The maximum atomic E-state index is 13.5. The largest absolute Gasteiger partial charge is 0.507 e. The van der Waals surface area contributed by atoms with Crippen molar-refractivity contribution >= 4 is 11.6 Å². The molecule has 39 heavy (non-hydrogen) atoms. The molecule has 3 aliphatic rings. The molecule has 0 aromatic heterocycles. The van der Waals surface area contributed by atoms with Crippen LogP contribution in [0.15, 0.2) is 18.2 Å². The summed E-state index contributed by atoms with van der Waals surface area (Å²) in [7, 11) is 3.64. The predicted octanol–water partition coefficient (Wildman–Crippen LogP) is 1.64. The maximum absolute atomic E-state index is 13.5. The van der Waals surface area contributed by atoms with Gasteiger partial charge in [-0.1, -0.05) is 6.92 Å². The quantitative estimate of drug-likeness (QED) is 0.264. The lowest BCUT2D eigenvalue weighted by Crippen LogP contribution is -2.54. The van der Waals surface area contributed by atoms with Crippen LogP contribution in [0, 0.1) is 0 Å². The highest BCUT2D eigenvalue weighted by Gasteiger charge is 2.50. The van der Waals surface area contributed by atoms with Gasteiger partial charge in [0, 0.05) is 30.0 Å². The molecule has 1 saturated heterocycles. The third-order valence-electron chi connectivity index (χ3n) is 8.39. The van der Waals surface area contributed by atoms with Gasteiger partial charge in [-0.15, -0.1) is 0 Å². The van der Waals surface area contributed by atoms with Gasteiger partial charge in [0.2, 0.25) is 5.78 Å². The fourth-order valence-electron chi connectivity index (χ4n) is 6.05. The predicted molar refractivity (Wildman–Crippen MR) is 136 cm³/mol. The third kappa shape index (κ3) is 4.12. The molecule has 1 heterocycles. The molecule has 0 bridgehead atoms. The molecule has 0 spiro atoms. The van der Waals surface area contributed by atoms with Gasteiger partial charge in [0.1, 0.15) is 23.4 Å². The van der Waals surface area contributed by atoms with E-state index in [0.717, 1.165) is 12.1 Å². The van der Waals surface area contributed by atoms with Crippen molar-refractivity contribution in [3.05, 3.63) is 51.6 Å². The number of benzene rings is 2. The van der Waals surface area contributed by atoms with Gasteiger partial charge >= 0.3 is 0 Å². The first kappa shape index (κ1) is 27.5. The van der Waals surface area contributed by atoms with Crippen molar-refractivity contribution in [3.63, 3.8) is 0 Å². The molecule has 0 radical (unpaired) electrons. The SMILES string of the molecule is CCC1(O)CC(O[C@H]2C[C@H](N(C)C)[C@H](O)[C@H](C)O2)c2cc3c(c(O)c2C1O)C(=O)c1c(O)ccc(O)c1C3=O. The summed E-state index contributed by atoms with van der Waals surface area (Å²) in [5.41, 5.74) is -3.24. The standard InChI is InChI=1S/C28H33NO10/c1-5-28(37)10-17(39-18-9-14(29(3)4)23(32)11(2)38-18)12-8-13-19(25(34)20(12)27(28)36)26(35)22-16(31)7-6-15(30)21(22)24(13)33/h6-8,11,14,17-18,23,27,30-32,34,36-37H,5,9-10H2,1-4H3/t11-,14-,17?,18-,23+,27?,28?/m0/s1. The molecule has 11 heteroatoms. The number of aliphatic hydroxyl groups excluding tert-OH is 2. The average Bonchev–Trinajstić information content (AvgIpc) is 2.88. The normalized spacial score (nSPS) is 32.1. The zero-order chi connectivity index (χ0) is 28.5. The van der Waals surface area contributed by atoms with Crippen molar-refractivity contribution in [2.24, 2.45) is 0 Å². The van der Waals surface area contributed by atoms with Crippen LogP contribution in [0.1, 0.15) is 88.3 Å². The van der Waals surface area contributed by atoms with E-state index in [0.29, 0.717) is 0 Å². The van der Waals surface area contributed by atoms with Crippen molar-refractivity contribution in [2.45, 2.75) is 75.5 Å². The zero-order valence-electron chi connectivity index (χ0n) is 22.1. The highest BCUT2D eigenvalue weighted by molar-refractivity contribution is 6.31. The Labute approximate surface area is 224 Å². The first-order valence-corrected chi connectivity index (χ1v) is 12.9. The Balaban J connectivity index is 1.64. The van der Waals surface area contributed by atoms with Gasteiger partial charge in [0.05, 0.1) is 40.6 Å². The summed E-state index contributed by atoms with van der Waals surface area (Å²) >= 11 is 0. The Morgan fingerprint density at radius 1 is 1.05 bits per heavy atom. The smallest absolute Gasteiger partial charge is 0.202 e. The second kappa shape index (κ2) is 9.54. The lowest BCUT2D eigenvalue weighted by atomic mass is 9.71. The van der Waals surface area contributed by atoms with Crippen LogP contribution >= 0.6 is 0 Å². The van der Waals surface area contributed by atoms with Crippen molar-refractivity contribution in [3.8, 4) is 17.2 Å². The fraction of sp³-hybridized carbons (Fsp3) is 0.500. The fourth-order valence-corrected chi connectivity index (χ4v) is 6.05. The number of aliphatic hydroxyl groups is 3. The number of aromatic hydroxyl groups is 3. The number of carbonyl (C=O) groups excluding carboxylic acids is 2. The van der Waals surface area contributed by atoms with Crippen LogP contribution in [-0.4, -0.2) is 91.3 Å². The van der Waals surface area contributed by atoms with E-state index in [1.54, 1.807) is 13.8 Å². The first-order chi connectivity index (χ1) is 18.3. The first-order valence-electron chi connectivity index (χ1n) is 12.9. The summed E-state index contributed by atoms with van der Waals surface area (Å²) in [5.74, 6) is -3.46. The minimum Gasteiger partial charge on any atom is -0.507 e. The number of nitrogens with zero attached hydrogens (tertiary/aromatic N) is 1. The summed E-state index contributed by atoms with van der Waals surface area (Å²) < 4.78 is 12.2. The molecule has 0 amide bonds. The lowest BCUT2D eigenvalue weighted by Gasteiger charge is -2.45. The van der Waals surface area contributed by atoms with Crippen molar-refractivity contribution in [1.82, 2.24) is 4.90 Å². The Morgan fingerprint density at radius 3 is 2.26 bits per heavy atom. The van der Waals surface area contributed by atoms with E-state index in [9.17, 15) is 40.2 Å². The Bertz CT molecular complexity index is 1360. The molecule has 6 N–H and O–H groups in total. The molecular formula is C28H33NO10. The van der Waals surface area contributed by atoms with Crippen LogP contribution in [0.25, 0.3) is 0 Å². The molecule has 5 rings (SSSR count). The van der Waals surface area contributed by atoms with Gasteiger partial charge < -0.3 is 45.0 Å². The maximum Gasteiger partial charge on any atom is 0.202 e. The van der Waals surface area contributed by atoms with Crippen LogP contribution in [0.4, 0.5) is 0 Å². The summed E-state index contributed by atoms with van der Waals surface area (Å²) in [6, 6.07) is 3.19. The number of phenols is 3. The van der Waals surface area contributed by atoms with E-state index in [1.165, 1.54) is 6.07 Å². The minimum atomic E-state index is -1.75. The van der Waals surface area contributed by atoms with E-state index in [1.807, 2.05) is 19.0 Å². The highest BCUT2D eigenvalue weighted by atomic mass is 16.7. The van der Waals surface area contributed by atoms with Crippen LogP contribution in [0.5, 0.6) is 17.2 Å². The van der Waals surface area contributed by atoms with Gasteiger partial charge in [0.15, 0.2) is 12.1 Å². The molecular weight excluding hydrogens is 510 g/mol. The number of carbonyl (C=O) groups is 2. The number of rotatable bonds is 4. The number of hydrogen-bond acceptors (Lipinski definition) is 11. The number of hydrogen-bond donors (Lipinski definition) is 6. The van der Waals surface area contributed by atoms with E-state index in [2.05, 4.69) is 0 Å². The van der Waals surface area contributed by atoms with E-state index < -0.39 is 81.8 Å². The van der Waals surface area contributed by atoms with Gasteiger partial charge in [-0.05, 0) is 51.2 Å². The molecule has 2 aromatic rings. The second-order valence-electron chi connectivity index (χ2n) is 10.9. The second-order valence-corrected chi connectivity index (χ2v) is 10.9.